The highest BCUT2D eigenvalue weighted by Crippen LogP contribution is 2.09. The number of likely N-dealkylation sites (N-methyl/N-ethyl adjacent to an activating group) is 1. The molecule has 3 heteroatoms. The minimum Gasteiger partial charge on any atom is -0.465 e. The van der Waals surface area contributed by atoms with Gasteiger partial charge < -0.3 is 10.1 Å². The maximum absolute atomic E-state index is 11.2. The van der Waals surface area contributed by atoms with Gasteiger partial charge in [0.1, 0.15) is 0 Å². The second kappa shape index (κ2) is 6.86. The van der Waals surface area contributed by atoms with E-state index in [9.17, 15) is 4.79 Å². The number of benzene rings is 1. The third-order valence-corrected chi connectivity index (χ3v) is 2.40. The minimum atomic E-state index is -0.301. The highest BCUT2D eigenvalue weighted by Gasteiger charge is 2.03. The van der Waals surface area contributed by atoms with E-state index in [4.69, 9.17) is 0 Å². The summed E-state index contributed by atoms with van der Waals surface area (Å²) < 4.78 is 4.65. The largest absolute Gasteiger partial charge is 0.465 e. The van der Waals surface area contributed by atoms with Crippen LogP contribution in [-0.2, 0) is 4.74 Å². The molecule has 0 radical (unpaired) electrons. The predicted octanol–water partition coefficient (Wildman–Crippen LogP) is 2.49. The van der Waals surface area contributed by atoms with Gasteiger partial charge in [0.25, 0.3) is 0 Å². The van der Waals surface area contributed by atoms with Gasteiger partial charge in [0, 0.05) is 6.54 Å². The van der Waals surface area contributed by atoms with Gasteiger partial charge in [-0.1, -0.05) is 30.7 Å². The lowest BCUT2D eigenvalue weighted by Crippen LogP contribution is -2.14. The Morgan fingerprint density at radius 3 is 2.53 bits per heavy atom. The Balaban J connectivity index is 2.71. The lowest BCUT2D eigenvalue weighted by atomic mass is 10.1. The zero-order valence-electron chi connectivity index (χ0n) is 10.6. The molecule has 0 saturated heterocycles. The Morgan fingerprint density at radius 1 is 1.35 bits per heavy atom. The first-order valence-electron chi connectivity index (χ1n) is 5.73. The van der Waals surface area contributed by atoms with Gasteiger partial charge in [-0.2, -0.15) is 0 Å². The predicted molar refractivity (Wildman–Crippen MR) is 70.0 cm³/mol. The SMILES string of the molecule is CCNCC(C)=Cc1ccc(C(=O)OC)cc1. The van der Waals surface area contributed by atoms with E-state index in [1.165, 1.54) is 12.7 Å². The van der Waals surface area contributed by atoms with E-state index in [2.05, 4.69) is 30.0 Å². The van der Waals surface area contributed by atoms with Crippen LogP contribution in [0.2, 0.25) is 0 Å². The molecule has 0 atom stereocenters. The third kappa shape index (κ3) is 4.41. The summed E-state index contributed by atoms with van der Waals surface area (Å²) in [4.78, 5) is 11.2. The summed E-state index contributed by atoms with van der Waals surface area (Å²) in [6.45, 7) is 6.01. The smallest absolute Gasteiger partial charge is 0.337 e. The first-order valence-corrected chi connectivity index (χ1v) is 5.73. The van der Waals surface area contributed by atoms with Crippen LogP contribution in [0.3, 0.4) is 0 Å². The number of methoxy groups -OCH3 is 1. The van der Waals surface area contributed by atoms with Crippen molar-refractivity contribution < 1.29 is 9.53 Å². The summed E-state index contributed by atoms with van der Waals surface area (Å²) in [5.74, 6) is -0.301. The molecule has 0 saturated carbocycles. The number of carbonyl (C=O) groups is 1. The molecule has 0 amide bonds. The van der Waals surface area contributed by atoms with E-state index >= 15 is 0 Å². The van der Waals surface area contributed by atoms with Gasteiger partial charge in [-0.15, -0.1) is 0 Å². The van der Waals surface area contributed by atoms with Crippen LogP contribution in [0.1, 0.15) is 29.8 Å². The number of rotatable bonds is 5. The maximum atomic E-state index is 11.2. The quantitative estimate of drug-likeness (QED) is 0.794. The molecule has 0 aliphatic rings. The normalized spacial score (nSPS) is 11.4. The first-order chi connectivity index (χ1) is 8.17. The van der Waals surface area contributed by atoms with Gasteiger partial charge in [0.15, 0.2) is 0 Å². The molecule has 1 N–H and O–H groups in total. The van der Waals surface area contributed by atoms with Crippen molar-refractivity contribution in [3.63, 3.8) is 0 Å². The van der Waals surface area contributed by atoms with Crippen molar-refractivity contribution in [2.45, 2.75) is 13.8 Å². The van der Waals surface area contributed by atoms with Gasteiger partial charge in [-0.3, -0.25) is 0 Å². The van der Waals surface area contributed by atoms with Gasteiger partial charge in [-0.25, -0.2) is 4.79 Å². The number of hydrogen-bond acceptors (Lipinski definition) is 3. The van der Waals surface area contributed by atoms with Crippen LogP contribution in [-0.4, -0.2) is 26.2 Å². The van der Waals surface area contributed by atoms with Gasteiger partial charge in [0.05, 0.1) is 12.7 Å². The van der Waals surface area contributed by atoms with E-state index in [1.54, 1.807) is 12.1 Å². The molecule has 1 rings (SSSR count). The molecular formula is C14H19NO2. The lowest BCUT2D eigenvalue weighted by molar-refractivity contribution is 0.0601. The Bertz CT molecular complexity index is 393. The highest BCUT2D eigenvalue weighted by atomic mass is 16.5. The van der Waals surface area contributed by atoms with E-state index in [0.717, 1.165) is 18.7 Å². The molecule has 0 bridgehead atoms. The van der Waals surface area contributed by atoms with E-state index in [0.29, 0.717) is 5.56 Å². The zero-order valence-corrected chi connectivity index (χ0v) is 10.6. The van der Waals surface area contributed by atoms with Gasteiger partial charge >= 0.3 is 5.97 Å². The summed E-state index contributed by atoms with van der Waals surface area (Å²) in [7, 11) is 1.39. The summed E-state index contributed by atoms with van der Waals surface area (Å²) in [6.07, 6.45) is 2.10. The Kier molecular flexibility index (Phi) is 5.43. The van der Waals surface area contributed by atoms with Crippen molar-refractivity contribution in [1.29, 1.82) is 0 Å². The van der Waals surface area contributed by atoms with E-state index in [1.807, 2.05) is 12.1 Å². The van der Waals surface area contributed by atoms with Crippen LogP contribution in [0.4, 0.5) is 0 Å². The molecule has 0 aliphatic carbocycles. The van der Waals surface area contributed by atoms with Crippen molar-refractivity contribution >= 4 is 12.0 Å². The van der Waals surface area contributed by atoms with Crippen molar-refractivity contribution in [3.8, 4) is 0 Å². The van der Waals surface area contributed by atoms with Crippen molar-refractivity contribution in [2.75, 3.05) is 20.2 Å². The minimum absolute atomic E-state index is 0.301. The molecular weight excluding hydrogens is 214 g/mol. The Morgan fingerprint density at radius 2 is 2.00 bits per heavy atom. The Hall–Kier alpha value is -1.61. The molecule has 0 aliphatic heterocycles. The maximum Gasteiger partial charge on any atom is 0.337 e. The van der Waals surface area contributed by atoms with E-state index < -0.39 is 0 Å². The fraction of sp³-hybridized carbons (Fsp3) is 0.357. The van der Waals surface area contributed by atoms with Crippen molar-refractivity contribution in [2.24, 2.45) is 0 Å². The Labute approximate surface area is 102 Å². The zero-order chi connectivity index (χ0) is 12.7. The van der Waals surface area contributed by atoms with Crippen molar-refractivity contribution in [3.05, 3.63) is 41.0 Å². The average Bonchev–Trinajstić information content (AvgIpc) is 2.36. The number of esters is 1. The second-order valence-electron chi connectivity index (χ2n) is 3.88. The van der Waals surface area contributed by atoms with Crippen LogP contribution in [0.15, 0.2) is 29.8 Å². The van der Waals surface area contributed by atoms with Crippen LogP contribution < -0.4 is 5.32 Å². The van der Waals surface area contributed by atoms with Crippen LogP contribution in [0.25, 0.3) is 6.08 Å². The fourth-order valence-electron chi connectivity index (χ4n) is 1.49. The number of hydrogen-bond donors (Lipinski definition) is 1. The summed E-state index contributed by atoms with van der Waals surface area (Å²) in [5, 5.41) is 3.26. The average molecular weight is 233 g/mol. The molecule has 1 aromatic carbocycles. The van der Waals surface area contributed by atoms with Crippen LogP contribution in [0, 0.1) is 0 Å². The van der Waals surface area contributed by atoms with Crippen LogP contribution in [0.5, 0.6) is 0 Å². The van der Waals surface area contributed by atoms with Crippen LogP contribution >= 0.6 is 0 Å². The molecule has 17 heavy (non-hydrogen) atoms. The third-order valence-electron chi connectivity index (χ3n) is 2.40. The number of carbonyl (C=O) groups excluding carboxylic acids is 1. The molecule has 0 unspecified atom stereocenters. The molecule has 0 aromatic heterocycles. The topological polar surface area (TPSA) is 38.3 Å². The monoisotopic (exact) mass is 233 g/mol. The molecule has 1 aromatic rings. The fourth-order valence-corrected chi connectivity index (χ4v) is 1.49. The van der Waals surface area contributed by atoms with Gasteiger partial charge in [-0.05, 0) is 31.2 Å². The number of nitrogens with one attached hydrogen (secondary N) is 1. The van der Waals surface area contributed by atoms with Crippen molar-refractivity contribution in [1.82, 2.24) is 5.32 Å². The molecule has 92 valence electrons. The summed E-state index contributed by atoms with van der Waals surface area (Å²) in [5.41, 5.74) is 2.93. The standard InChI is InChI=1S/C14H19NO2/c1-4-15-10-11(2)9-12-5-7-13(8-6-12)14(16)17-3/h5-9,15H,4,10H2,1-3H3. The summed E-state index contributed by atoms with van der Waals surface area (Å²) in [6, 6.07) is 7.39. The first kappa shape index (κ1) is 13.5. The molecule has 3 nitrogen and oxygen atoms in total. The number of ether oxygens (including phenoxy) is 1. The summed E-state index contributed by atoms with van der Waals surface area (Å²) >= 11 is 0. The lowest BCUT2D eigenvalue weighted by Gasteiger charge is -2.03. The van der Waals surface area contributed by atoms with Gasteiger partial charge in [0.2, 0.25) is 0 Å². The van der Waals surface area contributed by atoms with E-state index in [-0.39, 0.29) is 5.97 Å². The molecule has 0 heterocycles. The molecule has 0 fully saturated rings. The molecule has 0 spiro atoms. The highest BCUT2D eigenvalue weighted by molar-refractivity contribution is 5.89. The second-order valence-corrected chi connectivity index (χ2v) is 3.88.